The summed E-state index contributed by atoms with van der Waals surface area (Å²) in [6.45, 7) is 2.60. The molecule has 115 heavy (non-hydrogen) atoms. The van der Waals surface area contributed by atoms with E-state index in [1.807, 2.05) is 0 Å². The Morgan fingerprint density at radius 1 is 0.252 bits per heavy atom. The van der Waals surface area contributed by atoms with Crippen molar-refractivity contribution in [2.75, 3.05) is 39.6 Å². The molecule has 0 radical (unpaired) electrons. The zero-order valence-corrected chi connectivity index (χ0v) is 75.2. The molecule has 16 nitrogen and oxygen atoms in total. The van der Waals surface area contributed by atoms with Crippen LogP contribution >= 0.6 is 15.6 Å². The predicted molar refractivity (Wildman–Crippen MR) is 482 cm³/mol. The van der Waals surface area contributed by atoms with Gasteiger partial charge in [-0.25, -0.2) is 9.13 Å². The number of ether oxygens (including phenoxy) is 3. The number of rotatable bonds is 89. The summed E-state index contributed by atoms with van der Waals surface area (Å²) in [5.74, 6) is -1.56. The van der Waals surface area contributed by atoms with Gasteiger partial charge in [0, 0.05) is 19.3 Å². The number of hydrogen-bond donors (Lipinski definition) is 4. The van der Waals surface area contributed by atoms with E-state index in [1.165, 1.54) is 231 Å². The molecule has 0 saturated carbocycles. The molecular weight excluding hydrogens is 1480 g/mol. The number of esters is 3. The largest absolute Gasteiger partial charge is 0.472 e. The van der Waals surface area contributed by atoms with Crippen LogP contribution in [0.3, 0.4) is 0 Å². The summed E-state index contributed by atoms with van der Waals surface area (Å²) < 4.78 is 61.4. The van der Waals surface area contributed by atoms with Gasteiger partial charge < -0.3 is 34.2 Å². The fourth-order valence-electron chi connectivity index (χ4n) is 13.1. The molecule has 666 valence electrons. The average Bonchev–Trinajstić information content (AvgIpc) is 0.898. The highest BCUT2D eigenvalue weighted by Gasteiger charge is 2.30. The first-order chi connectivity index (χ1) is 56.2. The van der Waals surface area contributed by atoms with Gasteiger partial charge in [-0.3, -0.25) is 32.5 Å². The smallest absolute Gasteiger partial charge is 0.463 e. The molecule has 0 aromatic rings. The molecule has 0 amide bonds. The van der Waals surface area contributed by atoms with E-state index in [-0.39, 0.29) is 19.3 Å². The van der Waals surface area contributed by atoms with Gasteiger partial charge >= 0.3 is 33.6 Å². The van der Waals surface area contributed by atoms with Gasteiger partial charge in [0.05, 0.1) is 26.4 Å². The summed E-state index contributed by atoms with van der Waals surface area (Å²) in [5.41, 5.74) is 0. The summed E-state index contributed by atoms with van der Waals surface area (Å²) in [6, 6.07) is 0. The zero-order chi connectivity index (χ0) is 83.6. The topological polar surface area (TPSA) is 231 Å². The molecule has 0 bridgehead atoms. The summed E-state index contributed by atoms with van der Waals surface area (Å²) in [6.07, 6.45) is 110. The molecule has 5 unspecified atom stereocenters. The van der Waals surface area contributed by atoms with Crippen molar-refractivity contribution in [3.63, 3.8) is 0 Å². The Balaban J connectivity index is 4.43. The maximum Gasteiger partial charge on any atom is 0.472 e. The van der Waals surface area contributed by atoms with Crippen molar-refractivity contribution in [2.24, 2.45) is 0 Å². The average molecular weight is 1660 g/mol. The molecule has 0 rings (SSSR count). The number of aliphatic hydroxyl groups is 2. The van der Waals surface area contributed by atoms with E-state index in [9.17, 15) is 43.5 Å². The zero-order valence-electron chi connectivity index (χ0n) is 73.4. The molecule has 0 aromatic heterocycles. The van der Waals surface area contributed by atoms with Crippen LogP contribution < -0.4 is 0 Å². The van der Waals surface area contributed by atoms with Crippen LogP contribution in [0.25, 0.3) is 0 Å². The Morgan fingerprint density at radius 2 is 0.461 bits per heavy atom. The van der Waals surface area contributed by atoms with Gasteiger partial charge in [-0.15, -0.1) is 0 Å². The van der Waals surface area contributed by atoms with Crippen LogP contribution in [0.2, 0.25) is 0 Å². The minimum Gasteiger partial charge on any atom is -0.463 e. The fourth-order valence-corrected chi connectivity index (χ4v) is 14.6. The van der Waals surface area contributed by atoms with Gasteiger partial charge in [-0.05, 0) is 135 Å². The first-order valence-corrected chi connectivity index (χ1v) is 49.8. The molecule has 0 fully saturated rings. The minimum atomic E-state index is -4.94. The van der Waals surface area contributed by atoms with E-state index in [0.29, 0.717) is 19.3 Å². The Kier molecular flexibility index (Phi) is 86.1. The van der Waals surface area contributed by atoms with Crippen LogP contribution in [0, 0.1) is 0 Å². The highest BCUT2D eigenvalue weighted by atomic mass is 31.2. The molecule has 0 saturated heterocycles. The van der Waals surface area contributed by atoms with E-state index < -0.39 is 91.5 Å². The lowest BCUT2D eigenvalue weighted by Gasteiger charge is -2.21. The van der Waals surface area contributed by atoms with E-state index in [1.54, 1.807) is 0 Å². The Morgan fingerprint density at radius 3 is 0.757 bits per heavy atom. The van der Waals surface area contributed by atoms with Crippen LogP contribution in [-0.4, -0.2) is 95.9 Å². The first-order valence-electron chi connectivity index (χ1n) is 46.8. The van der Waals surface area contributed by atoms with E-state index >= 15 is 0 Å². The minimum absolute atomic E-state index is 0.0965. The second-order valence-corrected chi connectivity index (χ2v) is 34.3. The number of phosphoric acid groups is 2. The predicted octanol–water partition coefficient (Wildman–Crippen LogP) is 28.8. The second kappa shape index (κ2) is 89.2. The van der Waals surface area contributed by atoms with E-state index in [0.717, 1.165) is 128 Å². The van der Waals surface area contributed by atoms with Crippen molar-refractivity contribution in [1.82, 2.24) is 0 Å². The van der Waals surface area contributed by atoms with Crippen molar-refractivity contribution < 1.29 is 75.8 Å². The highest BCUT2D eigenvalue weighted by molar-refractivity contribution is 7.47. The van der Waals surface area contributed by atoms with Crippen molar-refractivity contribution in [3.05, 3.63) is 122 Å². The molecule has 0 aromatic carbocycles. The number of allylic oxidation sites excluding steroid dienone is 20. The SMILES string of the molecule is CC/C=C\C/C=C\C/C=C\C/C=C\C/C=C\CCCCCCCCCCCCCCCCCCCC(=O)OCC(O)COP(=O)(O)OCC(O)COP(=O)(O)OCC(COC(=O)CCCCCCCCCCCCCCCCC/C=C\C/C=C\C/C=C\C/C=C\CCCCC)OC(=O)CCCCCCC/C=C\CCCCCCCC. The molecular formula is C97H172O16P2. The first kappa shape index (κ1) is 111. The molecule has 0 aliphatic carbocycles. The van der Waals surface area contributed by atoms with Gasteiger partial charge in [0.2, 0.25) is 0 Å². The van der Waals surface area contributed by atoms with Crippen molar-refractivity contribution in [1.29, 1.82) is 0 Å². The van der Waals surface area contributed by atoms with Crippen LogP contribution in [-0.2, 0) is 55.8 Å². The van der Waals surface area contributed by atoms with Crippen molar-refractivity contribution >= 4 is 33.6 Å². The summed E-state index contributed by atoms with van der Waals surface area (Å²) in [4.78, 5) is 58.9. The number of aliphatic hydroxyl groups excluding tert-OH is 2. The normalized spacial score (nSPS) is 14.3. The molecule has 0 aliphatic heterocycles. The third-order valence-electron chi connectivity index (χ3n) is 20.1. The molecule has 0 spiro atoms. The van der Waals surface area contributed by atoms with Gasteiger partial charge in [-0.1, -0.05) is 386 Å². The number of phosphoric ester groups is 2. The van der Waals surface area contributed by atoms with Gasteiger partial charge in [0.15, 0.2) is 6.10 Å². The van der Waals surface area contributed by atoms with Gasteiger partial charge in [0.25, 0.3) is 0 Å². The molecule has 18 heteroatoms. The summed E-state index contributed by atoms with van der Waals surface area (Å²) in [5, 5.41) is 20.7. The lowest BCUT2D eigenvalue weighted by atomic mass is 10.0. The second-order valence-electron chi connectivity index (χ2n) is 31.4. The highest BCUT2D eigenvalue weighted by Crippen LogP contribution is 2.45. The molecule has 0 heterocycles. The molecule has 5 atom stereocenters. The van der Waals surface area contributed by atoms with E-state index in [2.05, 4.69) is 142 Å². The monoisotopic (exact) mass is 1660 g/mol. The van der Waals surface area contributed by atoms with Crippen LogP contribution in [0.5, 0.6) is 0 Å². The van der Waals surface area contributed by atoms with Crippen LogP contribution in [0.4, 0.5) is 0 Å². The fraction of sp³-hybridized carbons (Fsp3) is 0.763. The Hall–Kier alpha value is -4.05. The quantitative estimate of drug-likeness (QED) is 0.0146. The number of unbranched alkanes of at least 4 members (excludes halogenated alkanes) is 46. The lowest BCUT2D eigenvalue weighted by molar-refractivity contribution is -0.161. The van der Waals surface area contributed by atoms with E-state index in [4.69, 9.17) is 32.3 Å². The maximum absolute atomic E-state index is 13.0. The Bertz CT molecular complexity index is 2570. The maximum atomic E-state index is 13.0. The third kappa shape index (κ3) is 90.6. The van der Waals surface area contributed by atoms with Crippen molar-refractivity contribution in [3.8, 4) is 0 Å². The van der Waals surface area contributed by atoms with Gasteiger partial charge in [0.1, 0.15) is 25.4 Å². The standard InChI is InChI=1S/C97H172O16P2/c1-4-7-10-13-16-19-22-25-28-30-32-34-36-38-40-42-44-45-47-49-50-52-54-56-58-60-63-65-68-71-74-77-80-83-95(100)107-86-92(98)87-109-114(103,104)110-88-93(99)89-111-115(105,106)112-91-94(113-97(102)85-82-79-76-73-70-67-62-27-24-21-18-15-12-9-6-3)90-108-96(101)84-81-78-75-72-69-66-64-61-59-57-55-53-51-48-46-43-41-39-37-35-33-31-29-26-23-20-17-14-11-8-5-2/h7,10,16-17,19-20,25-29,32-35,38-41,62,92-94,98-99H,4-6,8-9,11-15,18,21-24,30-31,36-37,42-61,63-91H2,1-3H3,(H,103,104)(H,105,106)/b10-7-,19-16-,20-17-,28-25-,29-26-,34-32-,35-33-,40-38-,41-39-,62-27-. The number of carbonyl (C=O) groups is 3. The van der Waals surface area contributed by atoms with Gasteiger partial charge in [-0.2, -0.15) is 0 Å². The lowest BCUT2D eigenvalue weighted by Crippen LogP contribution is -2.30. The van der Waals surface area contributed by atoms with Crippen molar-refractivity contribution in [2.45, 2.75) is 437 Å². The van der Waals surface area contributed by atoms with Crippen LogP contribution in [0.15, 0.2) is 122 Å². The van der Waals surface area contributed by atoms with Crippen LogP contribution in [0.1, 0.15) is 419 Å². The number of carbonyl (C=O) groups excluding carboxylic acids is 3. The summed E-state index contributed by atoms with van der Waals surface area (Å²) in [7, 11) is -9.80. The molecule has 4 N–H and O–H groups in total. The summed E-state index contributed by atoms with van der Waals surface area (Å²) >= 11 is 0. The molecule has 0 aliphatic rings. The Labute approximate surface area is 703 Å². The third-order valence-corrected chi connectivity index (χ3v) is 22.0. The number of hydrogen-bond acceptors (Lipinski definition) is 14.